The van der Waals surface area contributed by atoms with Gasteiger partial charge in [-0.2, -0.15) is 0 Å². The maximum Gasteiger partial charge on any atom is 0.239 e. The van der Waals surface area contributed by atoms with Gasteiger partial charge in [0.15, 0.2) is 0 Å². The number of amides is 2. The van der Waals surface area contributed by atoms with Gasteiger partial charge in [0.25, 0.3) is 0 Å². The normalized spacial score (nSPS) is 24.5. The van der Waals surface area contributed by atoms with E-state index in [1.54, 1.807) is 6.26 Å². The molecule has 42 heavy (non-hydrogen) atoms. The van der Waals surface area contributed by atoms with Gasteiger partial charge in [-0.25, -0.2) is 0 Å². The van der Waals surface area contributed by atoms with Gasteiger partial charge in [0.2, 0.25) is 11.8 Å². The molecule has 0 aromatic heterocycles. The Morgan fingerprint density at radius 3 is 2.38 bits per heavy atom. The zero-order chi connectivity index (χ0) is 30.1. The van der Waals surface area contributed by atoms with Crippen molar-refractivity contribution in [2.24, 2.45) is 0 Å². The van der Waals surface area contributed by atoms with E-state index in [0.29, 0.717) is 25.8 Å². The number of benzene rings is 2. The Hall–Kier alpha value is -2.47. The number of carbonyl (C=O) groups is 2. The molecule has 2 aliphatic rings. The van der Waals surface area contributed by atoms with Crippen molar-refractivity contribution in [2.45, 2.75) is 75.3 Å². The molecule has 2 aromatic rings. The number of aliphatic hydroxyl groups excluding tert-OH is 3. The fraction of sp³-hybridized carbons (Fsp3) is 0.562. The number of hydrogen-bond acceptors (Lipinski definition) is 8. The second-order valence-electron chi connectivity index (χ2n) is 11.3. The van der Waals surface area contributed by atoms with Gasteiger partial charge in [-0.05, 0) is 86.2 Å². The van der Waals surface area contributed by atoms with Gasteiger partial charge in [0, 0.05) is 19.5 Å². The Kier molecular flexibility index (Phi) is 12.2. The van der Waals surface area contributed by atoms with E-state index in [-0.39, 0.29) is 18.4 Å². The van der Waals surface area contributed by atoms with Gasteiger partial charge in [-0.1, -0.05) is 42.5 Å². The lowest BCUT2D eigenvalue weighted by Crippen LogP contribution is -2.52. The molecule has 0 radical (unpaired) electrons. The maximum atomic E-state index is 12.2. The van der Waals surface area contributed by atoms with E-state index in [2.05, 4.69) is 39.8 Å². The summed E-state index contributed by atoms with van der Waals surface area (Å²) in [6, 6.07) is 14.2. The number of nitrogens with one attached hydrogen (secondary N) is 2. The number of hydrogen-bond donors (Lipinski definition) is 5. The van der Waals surface area contributed by atoms with Crippen LogP contribution in [0, 0.1) is 6.92 Å². The summed E-state index contributed by atoms with van der Waals surface area (Å²) < 4.78 is 5.94. The molecule has 230 valence electrons. The molecule has 0 bridgehead atoms. The summed E-state index contributed by atoms with van der Waals surface area (Å²) in [5, 5.41) is 36.7. The molecule has 0 aliphatic carbocycles. The van der Waals surface area contributed by atoms with Crippen LogP contribution in [0.4, 0.5) is 0 Å². The van der Waals surface area contributed by atoms with Crippen molar-refractivity contribution in [3.05, 3.63) is 70.3 Å². The first-order chi connectivity index (χ1) is 20.2. The molecule has 0 unspecified atom stereocenters. The molecule has 2 saturated heterocycles. The van der Waals surface area contributed by atoms with Crippen LogP contribution >= 0.6 is 11.8 Å². The topological polar surface area (TPSA) is 131 Å². The summed E-state index contributed by atoms with van der Waals surface area (Å²) in [7, 11) is 0. The zero-order valence-corrected chi connectivity index (χ0v) is 25.4. The molecule has 2 fully saturated rings. The molecule has 2 aliphatic heterocycles. The number of likely N-dealkylation sites (tertiary alicyclic amines) is 1. The van der Waals surface area contributed by atoms with E-state index in [1.807, 2.05) is 25.1 Å². The van der Waals surface area contributed by atoms with Crippen molar-refractivity contribution in [1.29, 1.82) is 0 Å². The highest BCUT2D eigenvalue weighted by Crippen LogP contribution is 2.36. The van der Waals surface area contributed by atoms with E-state index in [9.17, 15) is 24.9 Å². The van der Waals surface area contributed by atoms with Crippen LogP contribution < -0.4 is 10.6 Å². The SMILES string of the molecule is CS[C@H]1O[C@@H](c2ccc(C)c(Cc3ccc(CCCC(=O)NCC(=O)NCCN4CCCC4)cc3)c2)[C@H](O)[C@@H](O)[C@@H]1O. The molecule has 5 N–H and O–H groups in total. The fourth-order valence-corrected chi connectivity index (χ4v) is 6.23. The second-order valence-corrected chi connectivity index (χ2v) is 12.3. The monoisotopic (exact) mass is 599 g/mol. The van der Waals surface area contributed by atoms with Gasteiger partial charge in [0.1, 0.15) is 29.9 Å². The third-order valence-corrected chi connectivity index (χ3v) is 9.04. The Morgan fingerprint density at radius 1 is 0.952 bits per heavy atom. The Morgan fingerprint density at radius 2 is 1.67 bits per heavy atom. The number of aryl methyl sites for hydroxylation is 2. The van der Waals surface area contributed by atoms with E-state index in [0.717, 1.165) is 53.9 Å². The number of aliphatic hydroxyl groups is 3. The van der Waals surface area contributed by atoms with E-state index in [1.165, 1.54) is 24.6 Å². The van der Waals surface area contributed by atoms with Gasteiger partial charge >= 0.3 is 0 Å². The number of carbonyl (C=O) groups excluding carboxylic acids is 2. The van der Waals surface area contributed by atoms with Crippen LogP contribution in [0.3, 0.4) is 0 Å². The predicted octanol–water partition coefficient (Wildman–Crippen LogP) is 2.08. The summed E-state index contributed by atoms with van der Waals surface area (Å²) in [6.07, 6.45) is 2.41. The van der Waals surface area contributed by atoms with Crippen LogP contribution in [0.25, 0.3) is 0 Å². The zero-order valence-electron chi connectivity index (χ0n) is 24.6. The third kappa shape index (κ3) is 9.02. The van der Waals surface area contributed by atoms with Crippen molar-refractivity contribution < 1.29 is 29.6 Å². The van der Waals surface area contributed by atoms with Gasteiger partial charge in [-0.3, -0.25) is 9.59 Å². The quantitative estimate of drug-likeness (QED) is 0.237. The molecule has 2 aromatic carbocycles. The molecule has 5 atom stereocenters. The average molecular weight is 600 g/mol. The van der Waals surface area contributed by atoms with Gasteiger partial charge in [0.05, 0.1) is 6.54 Å². The minimum absolute atomic E-state index is 0.0145. The maximum absolute atomic E-state index is 12.2. The van der Waals surface area contributed by atoms with E-state index < -0.39 is 29.9 Å². The van der Waals surface area contributed by atoms with Crippen LogP contribution in [0.5, 0.6) is 0 Å². The number of ether oxygens (including phenoxy) is 1. The first-order valence-electron chi connectivity index (χ1n) is 14.9. The van der Waals surface area contributed by atoms with E-state index in [4.69, 9.17) is 4.74 Å². The van der Waals surface area contributed by atoms with E-state index >= 15 is 0 Å². The molecular formula is C32H45N3O6S. The lowest BCUT2D eigenvalue weighted by Gasteiger charge is -2.40. The number of nitrogens with zero attached hydrogens (tertiary/aromatic N) is 1. The summed E-state index contributed by atoms with van der Waals surface area (Å²) in [5.74, 6) is -0.267. The van der Waals surface area contributed by atoms with Crippen molar-refractivity contribution in [3.63, 3.8) is 0 Å². The van der Waals surface area contributed by atoms with Crippen molar-refractivity contribution in [1.82, 2.24) is 15.5 Å². The van der Waals surface area contributed by atoms with Crippen molar-refractivity contribution >= 4 is 23.6 Å². The molecule has 4 rings (SSSR count). The smallest absolute Gasteiger partial charge is 0.239 e. The Bertz CT molecular complexity index is 1170. The lowest BCUT2D eigenvalue weighted by atomic mass is 9.91. The first-order valence-corrected chi connectivity index (χ1v) is 16.2. The van der Waals surface area contributed by atoms with Crippen LogP contribution in [-0.4, -0.2) is 94.8 Å². The van der Waals surface area contributed by atoms with Crippen LogP contribution in [-0.2, 0) is 27.2 Å². The van der Waals surface area contributed by atoms with Crippen molar-refractivity contribution in [3.8, 4) is 0 Å². The summed E-state index contributed by atoms with van der Waals surface area (Å²) in [6.45, 7) is 5.73. The van der Waals surface area contributed by atoms with Crippen LogP contribution in [0.15, 0.2) is 42.5 Å². The molecule has 2 amide bonds. The first kappa shape index (κ1) is 32.4. The number of thioether (sulfide) groups is 1. The van der Waals surface area contributed by atoms with Gasteiger partial charge < -0.3 is 35.6 Å². The Balaban J connectivity index is 1.21. The van der Waals surface area contributed by atoms with Gasteiger partial charge in [-0.15, -0.1) is 11.8 Å². The largest absolute Gasteiger partial charge is 0.387 e. The minimum atomic E-state index is -1.28. The molecule has 9 nitrogen and oxygen atoms in total. The summed E-state index contributed by atoms with van der Waals surface area (Å²) in [4.78, 5) is 26.5. The van der Waals surface area contributed by atoms with Crippen LogP contribution in [0.1, 0.15) is 59.6 Å². The highest BCUT2D eigenvalue weighted by molar-refractivity contribution is 7.99. The molecule has 10 heteroatoms. The second kappa shape index (κ2) is 15.8. The predicted molar refractivity (Wildman–Crippen MR) is 164 cm³/mol. The molecule has 0 spiro atoms. The average Bonchev–Trinajstić information content (AvgIpc) is 3.51. The van der Waals surface area contributed by atoms with Crippen LogP contribution in [0.2, 0.25) is 0 Å². The Labute approximate surface area is 253 Å². The molecule has 2 heterocycles. The third-order valence-electron chi connectivity index (χ3n) is 8.19. The molecule has 0 saturated carbocycles. The minimum Gasteiger partial charge on any atom is -0.387 e. The fourth-order valence-electron chi connectivity index (χ4n) is 5.56. The highest BCUT2D eigenvalue weighted by Gasteiger charge is 2.44. The summed E-state index contributed by atoms with van der Waals surface area (Å²) in [5.41, 5.74) is 4.63. The highest BCUT2D eigenvalue weighted by atomic mass is 32.2. The summed E-state index contributed by atoms with van der Waals surface area (Å²) >= 11 is 1.30. The van der Waals surface area contributed by atoms with Crippen molar-refractivity contribution in [2.75, 3.05) is 39.0 Å². The molecular weight excluding hydrogens is 554 g/mol. The number of rotatable bonds is 13. The lowest BCUT2D eigenvalue weighted by molar-refractivity contribution is -0.200. The standard InChI is InChI=1S/C32H45N3O6S/c1-21-8-13-24(31-29(39)28(38)30(40)32(41-31)42-2)19-25(21)18-23-11-9-22(10-12-23)6-5-7-26(36)34-20-27(37)33-14-17-35-15-3-4-16-35/h8-13,19,28-32,38-40H,3-7,14-18,20H2,1-2H3,(H,33,37)(H,34,36)/t28-,29-,30+,31+,32-/m1/s1.